The van der Waals surface area contributed by atoms with Crippen molar-refractivity contribution in [2.75, 3.05) is 13.7 Å². The summed E-state index contributed by atoms with van der Waals surface area (Å²) >= 11 is 0. The van der Waals surface area contributed by atoms with Crippen LogP contribution in [0, 0.1) is 0 Å². The van der Waals surface area contributed by atoms with E-state index in [2.05, 4.69) is 36.1 Å². The number of rotatable bonds is 7. The smallest absolute Gasteiger partial charge is 0.0857 e. The minimum Gasteiger partial charge on any atom is -0.376 e. The van der Waals surface area contributed by atoms with Crippen LogP contribution in [-0.2, 0) is 4.74 Å². The fraction of sp³-hybridized carbons (Fsp3) is 0.692. The molecule has 1 aromatic rings. The number of ether oxygens (including phenoxy) is 1. The fourth-order valence-electron chi connectivity index (χ4n) is 1.85. The molecule has 2 unspecified atom stereocenters. The highest BCUT2D eigenvalue weighted by Crippen LogP contribution is 2.30. The number of nitrogens with one attached hydrogen (secondary N) is 1. The van der Waals surface area contributed by atoms with Gasteiger partial charge in [0, 0.05) is 19.5 Å². The van der Waals surface area contributed by atoms with Gasteiger partial charge in [-0.25, -0.2) is 0 Å². The third-order valence-corrected chi connectivity index (χ3v) is 3.26. The molecule has 0 spiro atoms. The van der Waals surface area contributed by atoms with Crippen LogP contribution in [-0.4, -0.2) is 29.2 Å². The van der Waals surface area contributed by atoms with Gasteiger partial charge in [0.2, 0.25) is 0 Å². The van der Waals surface area contributed by atoms with Crippen LogP contribution in [0.25, 0.3) is 0 Å². The molecule has 17 heavy (non-hydrogen) atoms. The van der Waals surface area contributed by atoms with Crippen LogP contribution in [0.15, 0.2) is 18.6 Å². The Labute approximate surface area is 104 Å². The second kappa shape index (κ2) is 6.67. The van der Waals surface area contributed by atoms with Crippen molar-refractivity contribution in [1.82, 2.24) is 15.3 Å². The first-order valence-corrected chi connectivity index (χ1v) is 6.22. The lowest BCUT2D eigenvalue weighted by Gasteiger charge is -2.35. The van der Waals surface area contributed by atoms with Crippen LogP contribution >= 0.6 is 0 Å². The molecule has 1 N–H and O–H groups in total. The summed E-state index contributed by atoms with van der Waals surface area (Å²) in [6.07, 6.45) is 7.22. The number of methoxy groups -OCH3 is 1. The summed E-state index contributed by atoms with van der Waals surface area (Å²) in [5, 5.41) is 3.50. The lowest BCUT2D eigenvalue weighted by Crippen LogP contribution is -2.43. The second-order valence-electron chi connectivity index (χ2n) is 4.39. The van der Waals surface area contributed by atoms with Crippen molar-refractivity contribution >= 4 is 0 Å². The molecule has 0 aliphatic rings. The number of hydrogen-bond donors (Lipinski definition) is 1. The van der Waals surface area contributed by atoms with Gasteiger partial charge in [-0.1, -0.05) is 13.8 Å². The van der Waals surface area contributed by atoms with E-state index in [0.717, 1.165) is 25.1 Å². The van der Waals surface area contributed by atoms with Gasteiger partial charge in [-0.3, -0.25) is 9.97 Å². The van der Waals surface area contributed by atoms with E-state index in [4.69, 9.17) is 4.74 Å². The fourth-order valence-corrected chi connectivity index (χ4v) is 1.85. The van der Waals surface area contributed by atoms with Gasteiger partial charge in [0.1, 0.15) is 0 Å². The molecule has 2 atom stereocenters. The van der Waals surface area contributed by atoms with Gasteiger partial charge in [-0.2, -0.15) is 0 Å². The Morgan fingerprint density at radius 2 is 2.18 bits per heavy atom. The van der Waals surface area contributed by atoms with Crippen LogP contribution in [0.3, 0.4) is 0 Å². The summed E-state index contributed by atoms with van der Waals surface area (Å²) in [5.74, 6) is 0. The van der Waals surface area contributed by atoms with Gasteiger partial charge in [0.15, 0.2) is 0 Å². The van der Waals surface area contributed by atoms with Crippen LogP contribution in [0.2, 0.25) is 0 Å². The van der Waals surface area contributed by atoms with Crippen molar-refractivity contribution in [3.05, 3.63) is 24.3 Å². The Morgan fingerprint density at radius 3 is 2.65 bits per heavy atom. The van der Waals surface area contributed by atoms with Crippen LogP contribution in [0.4, 0.5) is 0 Å². The van der Waals surface area contributed by atoms with E-state index in [0.29, 0.717) is 0 Å². The lowest BCUT2D eigenvalue weighted by molar-refractivity contribution is -0.0311. The zero-order valence-corrected chi connectivity index (χ0v) is 11.2. The molecular weight excluding hydrogens is 214 g/mol. The van der Waals surface area contributed by atoms with Crippen molar-refractivity contribution in [3.8, 4) is 0 Å². The van der Waals surface area contributed by atoms with Gasteiger partial charge in [-0.15, -0.1) is 0 Å². The Hall–Kier alpha value is -1.00. The largest absolute Gasteiger partial charge is 0.376 e. The maximum Gasteiger partial charge on any atom is 0.0857 e. The van der Waals surface area contributed by atoms with Gasteiger partial charge in [-0.05, 0) is 26.3 Å². The molecule has 0 radical (unpaired) electrons. The second-order valence-corrected chi connectivity index (χ2v) is 4.39. The molecule has 0 aliphatic heterocycles. The molecule has 0 amide bonds. The molecule has 96 valence electrons. The van der Waals surface area contributed by atoms with E-state index >= 15 is 0 Å². The van der Waals surface area contributed by atoms with Crippen molar-refractivity contribution in [1.29, 1.82) is 0 Å². The molecule has 0 saturated carbocycles. The van der Waals surface area contributed by atoms with Gasteiger partial charge < -0.3 is 10.1 Å². The molecule has 0 aliphatic carbocycles. The number of hydrogen-bond acceptors (Lipinski definition) is 4. The number of aromatic nitrogens is 2. The maximum absolute atomic E-state index is 5.67. The highest BCUT2D eigenvalue weighted by atomic mass is 16.5. The van der Waals surface area contributed by atoms with E-state index in [9.17, 15) is 0 Å². The van der Waals surface area contributed by atoms with E-state index < -0.39 is 0 Å². The molecule has 4 nitrogen and oxygen atoms in total. The summed E-state index contributed by atoms with van der Waals surface area (Å²) < 4.78 is 5.67. The summed E-state index contributed by atoms with van der Waals surface area (Å²) in [6, 6.07) is 0.0751. The van der Waals surface area contributed by atoms with E-state index in [-0.39, 0.29) is 11.6 Å². The Bertz CT molecular complexity index is 312. The molecule has 0 aromatic carbocycles. The first-order valence-electron chi connectivity index (χ1n) is 6.22. The minimum atomic E-state index is -0.259. The first-order chi connectivity index (χ1) is 8.18. The van der Waals surface area contributed by atoms with Gasteiger partial charge in [0.25, 0.3) is 0 Å². The maximum atomic E-state index is 5.67. The van der Waals surface area contributed by atoms with E-state index in [1.807, 2.05) is 0 Å². The predicted octanol–water partition coefficient (Wildman–Crippen LogP) is 2.33. The Balaban J connectivity index is 2.95. The average molecular weight is 237 g/mol. The molecular formula is C13H23N3O. The third-order valence-electron chi connectivity index (χ3n) is 3.26. The van der Waals surface area contributed by atoms with Crippen molar-refractivity contribution in [2.24, 2.45) is 0 Å². The molecule has 0 saturated heterocycles. The number of nitrogens with zero attached hydrogens (tertiary/aromatic N) is 2. The third kappa shape index (κ3) is 3.48. The zero-order valence-electron chi connectivity index (χ0n) is 11.2. The molecule has 4 heteroatoms. The van der Waals surface area contributed by atoms with Crippen molar-refractivity contribution in [2.45, 2.75) is 45.3 Å². The predicted molar refractivity (Wildman–Crippen MR) is 68.8 cm³/mol. The zero-order chi connectivity index (χ0) is 12.7. The molecule has 1 heterocycles. The summed E-state index contributed by atoms with van der Waals surface area (Å²) in [6.45, 7) is 7.33. The summed E-state index contributed by atoms with van der Waals surface area (Å²) in [5.41, 5.74) is 0.678. The SMILES string of the molecule is CCCNC(c1cnccn1)C(C)(CC)OC. The van der Waals surface area contributed by atoms with E-state index in [1.165, 1.54) is 0 Å². The minimum absolute atomic E-state index is 0.0751. The quantitative estimate of drug-likeness (QED) is 0.790. The van der Waals surface area contributed by atoms with Crippen LogP contribution in [0.5, 0.6) is 0 Å². The van der Waals surface area contributed by atoms with Crippen molar-refractivity contribution in [3.63, 3.8) is 0 Å². The monoisotopic (exact) mass is 237 g/mol. The van der Waals surface area contributed by atoms with Crippen LogP contribution < -0.4 is 5.32 Å². The molecule has 0 bridgehead atoms. The summed E-state index contributed by atoms with van der Waals surface area (Å²) in [4.78, 5) is 8.53. The molecule has 1 rings (SSSR count). The normalized spacial score (nSPS) is 16.5. The summed E-state index contributed by atoms with van der Waals surface area (Å²) in [7, 11) is 1.75. The lowest BCUT2D eigenvalue weighted by atomic mass is 9.90. The Kier molecular flexibility index (Phi) is 5.51. The highest BCUT2D eigenvalue weighted by Gasteiger charge is 2.34. The van der Waals surface area contributed by atoms with Gasteiger partial charge in [0.05, 0.1) is 23.5 Å². The molecule has 1 aromatic heterocycles. The van der Waals surface area contributed by atoms with Crippen molar-refractivity contribution < 1.29 is 4.74 Å². The van der Waals surface area contributed by atoms with E-state index in [1.54, 1.807) is 25.7 Å². The highest BCUT2D eigenvalue weighted by molar-refractivity contribution is 5.09. The standard InChI is InChI=1S/C13H23N3O/c1-5-7-16-12(13(3,6-2)17-4)11-10-14-8-9-15-11/h8-10,12,16H,5-7H2,1-4H3. The molecule has 0 fully saturated rings. The Morgan fingerprint density at radius 1 is 1.41 bits per heavy atom. The average Bonchev–Trinajstić information content (AvgIpc) is 2.40. The van der Waals surface area contributed by atoms with Gasteiger partial charge >= 0.3 is 0 Å². The topological polar surface area (TPSA) is 47.0 Å². The first kappa shape index (κ1) is 14.1. The van der Waals surface area contributed by atoms with Crippen LogP contribution in [0.1, 0.15) is 45.3 Å².